The molecule has 0 saturated carbocycles. The number of carboxylic acid groups (broad SMARTS) is 1. The highest BCUT2D eigenvalue weighted by Crippen LogP contribution is 2.10. The van der Waals surface area contributed by atoms with Crippen LogP contribution in [0.25, 0.3) is 0 Å². The summed E-state index contributed by atoms with van der Waals surface area (Å²) < 4.78 is 1.93. The molecule has 0 atom stereocenters. The molecule has 1 N–H and O–H groups in total. The molecule has 5 heteroatoms. The Kier molecular flexibility index (Phi) is 3.36. The lowest BCUT2D eigenvalue weighted by atomic mass is 10.3. The average Bonchev–Trinajstić information content (AvgIpc) is 2.84. The van der Waals surface area contributed by atoms with Gasteiger partial charge >= 0.3 is 5.97 Å². The molecule has 0 aromatic carbocycles. The number of aliphatic carboxylic acids is 1. The van der Waals surface area contributed by atoms with Gasteiger partial charge < -0.3 is 9.67 Å². The molecule has 84 valence electrons. The SMILES string of the molecule is O=C(O)Cc1cn(CCc2cccs2)cn1. The third-order valence-corrected chi connectivity index (χ3v) is 3.15. The third-order valence-electron chi connectivity index (χ3n) is 2.22. The molecule has 0 saturated heterocycles. The van der Waals surface area contributed by atoms with Crippen molar-refractivity contribution in [3.05, 3.63) is 40.6 Å². The fourth-order valence-electron chi connectivity index (χ4n) is 1.47. The Morgan fingerprint density at radius 2 is 2.44 bits per heavy atom. The molecule has 0 spiro atoms. The van der Waals surface area contributed by atoms with Gasteiger partial charge in [0.15, 0.2) is 0 Å². The molecule has 2 rings (SSSR count). The zero-order chi connectivity index (χ0) is 11.4. The number of carboxylic acids is 1. The van der Waals surface area contributed by atoms with Crippen LogP contribution in [0.3, 0.4) is 0 Å². The minimum Gasteiger partial charge on any atom is -0.481 e. The molecule has 0 unspecified atom stereocenters. The average molecular weight is 236 g/mol. The fraction of sp³-hybridized carbons (Fsp3) is 0.273. The molecule has 2 heterocycles. The second kappa shape index (κ2) is 4.94. The van der Waals surface area contributed by atoms with E-state index in [2.05, 4.69) is 16.4 Å². The summed E-state index contributed by atoms with van der Waals surface area (Å²) in [5.41, 5.74) is 0.610. The van der Waals surface area contributed by atoms with Crippen LogP contribution >= 0.6 is 11.3 Å². The number of hydrogen-bond acceptors (Lipinski definition) is 3. The Morgan fingerprint density at radius 1 is 1.56 bits per heavy atom. The first-order chi connectivity index (χ1) is 7.74. The topological polar surface area (TPSA) is 55.1 Å². The number of aromatic nitrogens is 2. The van der Waals surface area contributed by atoms with Crippen molar-refractivity contribution in [2.45, 2.75) is 19.4 Å². The van der Waals surface area contributed by atoms with E-state index in [9.17, 15) is 4.79 Å². The van der Waals surface area contributed by atoms with Gasteiger partial charge in [-0.3, -0.25) is 4.79 Å². The number of hydrogen-bond donors (Lipinski definition) is 1. The minimum atomic E-state index is -0.844. The molecule has 2 aromatic rings. The van der Waals surface area contributed by atoms with Crippen LogP contribution in [0.15, 0.2) is 30.0 Å². The summed E-state index contributed by atoms with van der Waals surface area (Å²) in [7, 11) is 0. The van der Waals surface area contributed by atoms with Gasteiger partial charge in [-0.1, -0.05) is 6.07 Å². The number of rotatable bonds is 5. The zero-order valence-electron chi connectivity index (χ0n) is 8.67. The normalized spacial score (nSPS) is 10.5. The van der Waals surface area contributed by atoms with Gasteiger partial charge in [0, 0.05) is 17.6 Å². The second-order valence-electron chi connectivity index (χ2n) is 3.50. The highest BCUT2D eigenvalue weighted by molar-refractivity contribution is 7.09. The summed E-state index contributed by atoms with van der Waals surface area (Å²) in [6.07, 6.45) is 4.43. The Balaban J connectivity index is 1.90. The quantitative estimate of drug-likeness (QED) is 0.861. The van der Waals surface area contributed by atoms with Crippen molar-refractivity contribution in [1.29, 1.82) is 0 Å². The molecule has 0 bridgehead atoms. The van der Waals surface area contributed by atoms with Gasteiger partial charge in [-0.05, 0) is 17.9 Å². The summed E-state index contributed by atoms with van der Waals surface area (Å²) in [5.74, 6) is -0.844. The fourth-order valence-corrected chi connectivity index (χ4v) is 2.17. The van der Waals surface area contributed by atoms with Crippen LogP contribution < -0.4 is 0 Å². The lowest BCUT2D eigenvalue weighted by Gasteiger charge is -1.98. The van der Waals surface area contributed by atoms with Crippen LogP contribution in [0.5, 0.6) is 0 Å². The van der Waals surface area contributed by atoms with Crippen molar-refractivity contribution >= 4 is 17.3 Å². The molecule has 2 aromatic heterocycles. The first-order valence-electron chi connectivity index (χ1n) is 4.99. The summed E-state index contributed by atoms with van der Waals surface area (Å²) in [6.45, 7) is 0.840. The maximum atomic E-state index is 10.5. The minimum absolute atomic E-state index is 0.00793. The number of imidazole rings is 1. The van der Waals surface area contributed by atoms with E-state index < -0.39 is 5.97 Å². The summed E-state index contributed by atoms with van der Waals surface area (Å²) >= 11 is 1.73. The molecule has 16 heavy (non-hydrogen) atoms. The van der Waals surface area contributed by atoms with Gasteiger partial charge in [0.25, 0.3) is 0 Å². The lowest BCUT2D eigenvalue weighted by molar-refractivity contribution is -0.136. The van der Waals surface area contributed by atoms with Crippen LogP contribution in [0.4, 0.5) is 0 Å². The smallest absolute Gasteiger partial charge is 0.309 e. The lowest BCUT2D eigenvalue weighted by Crippen LogP contribution is -2.00. The maximum absolute atomic E-state index is 10.5. The van der Waals surface area contributed by atoms with E-state index in [4.69, 9.17) is 5.11 Å². The predicted molar refractivity (Wildman–Crippen MR) is 61.6 cm³/mol. The van der Waals surface area contributed by atoms with Gasteiger partial charge in [0.1, 0.15) is 0 Å². The molecule has 0 aliphatic heterocycles. The molecule has 0 aliphatic rings. The first kappa shape index (κ1) is 10.9. The van der Waals surface area contributed by atoms with Crippen LogP contribution in [-0.2, 0) is 24.2 Å². The Bertz CT molecular complexity index is 462. The number of aryl methyl sites for hydroxylation is 2. The summed E-state index contributed by atoms with van der Waals surface area (Å²) in [4.78, 5) is 15.8. The van der Waals surface area contributed by atoms with Crippen molar-refractivity contribution in [3.63, 3.8) is 0 Å². The van der Waals surface area contributed by atoms with E-state index in [1.807, 2.05) is 10.6 Å². The Hall–Kier alpha value is -1.62. The van der Waals surface area contributed by atoms with E-state index in [0.717, 1.165) is 13.0 Å². The highest BCUT2D eigenvalue weighted by Gasteiger charge is 2.04. The van der Waals surface area contributed by atoms with Crippen molar-refractivity contribution in [2.75, 3.05) is 0 Å². The molecular weight excluding hydrogens is 224 g/mol. The van der Waals surface area contributed by atoms with Crippen molar-refractivity contribution in [2.24, 2.45) is 0 Å². The van der Waals surface area contributed by atoms with Crippen LogP contribution in [-0.4, -0.2) is 20.6 Å². The molecular formula is C11H12N2O2S. The van der Waals surface area contributed by atoms with E-state index in [1.165, 1.54) is 4.88 Å². The van der Waals surface area contributed by atoms with Crippen molar-refractivity contribution < 1.29 is 9.90 Å². The van der Waals surface area contributed by atoms with Crippen LogP contribution in [0, 0.1) is 0 Å². The van der Waals surface area contributed by atoms with E-state index in [0.29, 0.717) is 5.69 Å². The predicted octanol–water partition coefficient (Wildman–Crippen LogP) is 1.81. The standard InChI is InChI=1S/C11H12N2O2S/c14-11(15)6-9-7-13(8-12-9)4-3-10-2-1-5-16-10/h1-2,5,7-8H,3-4,6H2,(H,14,15). The third kappa shape index (κ3) is 2.93. The molecule has 0 aliphatic carbocycles. The Labute approximate surface area is 97.2 Å². The van der Waals surface area contributed by atoms with Gasteiger partial charge in [-0.25, -0.2) is 4.98 Å². The Morgan fingerprint density at radius 3 is 3.12 bits per heavy atom. The number of nitrogens with zero attached hydrogens (tertiary/aromatic N) is 2. The van der Waals surface area contributed by atoms with Crippen LogP contribution in [0.1, 0.15) is 10.6 Å². The second-order valence-corrected chi connectivity index (χ2v) is 4.53. The van der Waals surface area contributed by atoms with E-state index in [-0.39, 0.29) is 6.42 Å². The van der Waals surface area contributed by atoms with E-state index >= 15 is 0 Å². The van der Waals surface area contributed by atoms with Gasteiger partial charge in [-0.15, -0.1) is 11.3 Å². The van der Waals surface area contributed by atoms with E-state index in [1.54, 1.807) is 23.9 Å². The largest absolute Gasteiger partial charge is 0.481 e. The zero-order valence-corrected chi connectivity index (χ0v) is 9.48. The molecule has 0 fully saturated rings. The van der Waals surface area contributed by atoms with Gasteiger partial charge in [-0.2, -0.15) is 0 Å². The van der Waals surface area contributed by atoms with Crippen LogP contribution in [0.2, 0.25) is 0 Å². The van der Waals surface area contributed by atoms with Crippen molar-refractivity contribution in [1.82, 2.24) is 9.55 Å². The van der Waals surface area contributed by atoms with Crippen molar-refractivity contribution in [3.8, 4) is 0 Å². The number of carbonyl (C=O) groups is 1. The summed E-state index contributed by atoms with van der Waals surface area (Å²) in [5, 5.41) is 10.7. The molecule has 0 amide bonds. The first-order valence-corrected chi connectivity index (χ1v) is 5.87. The summed E-state index contributed by atoms with van der Waals surface area (Å²) in [6, 6.07) is 4.13. The molecule has 4 nitrogen and oxygen atoms in total. The van der Waals surface area contributed by atoms with Gasteiger partial charge in [0.2, 0.25) is 0 Å². The highest BCUT2D eigenvalue weighted by atomic mass is 32.1. The number of thiophene rings is 1. The monoisotopic (exact) mass is 236 g/mol. The maximum Gasteiger partial charge on any atom is 0.309 e. The molecule has 0 radical (unpaired) electrons. The van der Waals surface area contributed by atoms with Gasteiger partial charge in [0.05, 0.1) is 18.4 Å².